The van der Waals surface area contributed by atoms with Crippen molar-refractivity contribution in [3.05, 3.63) is 59.2 Å². The second-order valence-corrected chi connectivity index (χ2v) is 5.13. The number of carbonyl (C=O) groups is 1. The lowest BCUT2D eigenvalue weighted by Crippen LogP contribution is -2.19. The van der Waals surface area contributed by atoms with Gasteiger partial charge >= 0.3 is 0 Å². The van der Waals surface area contributed by atoms with Gasteiger partial charge in [-0.1, -0.05) is 18.2 Å². The van der Waals surface area contributed by atoms with E-state index in [1.165, 1.54) is 0 Å². The Morgan fingerprint density at radius 1 is 1.29 bits per heavy atom. The molecule has 3 rings (SSSR count). The quantitative estimate of drug-likeness (QED) is 0.809. The summed E-state index contributed by atoms with van der Waals surface area (Å²) in [5, 5.41) is 8.66. The Morgan fingerprint density at radius 3 is 2.92 bits per heavy atom. The highest BCUT2D eigenvalue weighted by atomic mass is 16.5. The maximum absolute atomic E-state index is 12.7. The van der Waals surface area contributed by atoms with E-state index in [1.54, 1.807) is 37.5 Å². The minimum absolute atomic E-state index is 0.0509. The largest absolute Gasteiger partial charge is 0.497 e. The molecule has 1 aliphatic heterocycles. The van der Waals surface area contributed by atoms with Crippen LogP contribution in [0.1, 0.15) is 15.9 Å². The maximum Gasteiger partial charge on any atom is 0.196 e. The molecule has 5 heteroatoms. The van der Waals surface area contributed by atoms with Crippen LogP contribution in [0.15, 0.2) is 48.0 Å². The molecule has 0 N–H and O–H groups in total. The molecule has 0 unspecified atom stereocenters. The smallest absolute Gasteiger partial charge is 0.196 e. The highest BCUT2D eigenvalue weighted by molar-refractivity contribution is 6.14. The molecule has 0 radical (unpaired) electrons. The van der Waals surface area contributed by atoms with Crippen molar-refractivity contribution in [3.8, 4) is 23.3 Å². The summed E-state index contributed by atoms with van der Waals surface area (Å²) in [6.45, 7) is 0.134. The molecule has 2 aromatic carbocycles. The third kappa shape index (κ3) is 3.08. The maximum atomic E-state index is 12.7. The number of rotatable bonds is 4. The normalized spacial score (nSPS) is 14.5. The Kier molecular flexibility index (Phi) is 4.48. The van der Waals surface area contributed by atoms with Crippen LogP contribution in [0, 0.1) is 11.3 Å². The van der Waals surface area contributed by atoms with Gasteiger partial charge in [0.2, 0.25) is 0 Å². The average molecular weight is 321 g/mol. The first kappa shape index (κ1) is 15.6. The fourth-order valence-electron chi connectivity index (χ4n) is 2.47. The zero-order valence-electron chi connectivity index (χ0n) is 13.1. The first-order valence-electron chi connectivity index (χ1n) is 7.38. The second-order valence-electron chi connectivity index (χ2n) is 5.13. The number of para-hydroxylation sites is 1. The minimum Gasteiger partial charge on any atom is -0.497 e. The number of fused-ring (bicyclic) bond motifs is 1. The van der Waals surface area contributed by atoms with E-state index in [4.69, 9.17) is 19.5 Å². The Balaban J connectivity index is 1.95. The summed E-state index contributed by atoms with van der Waals surface area (Å²) in [6.07, 6.45) is 1.73. The van der Waals surface area contributed by atoms with Gasteiger partial charge in [-0.25, -0.2) is 0 Å². The third-order valence-electron chi connectivity index (χ3n) is 3.65. The molecule has 0 saturated carbocycles. The van der Waals surface area contributed by atoms with Gasteiger partial charge in [-0.15, -0.1) is 0 Å². The van der Waals surface area contributed by atoms with Crippen LogP contribution in [-0.2, 0) is 0 Å². The minimum atomic E-state index is -0.106. The second kappa shape index (κ2) is 6.88. The topological polar surface area (TPSA) is 68.5 Å². The van der Waals surface area contributed by atoms with Gasteiger partial charge in [0.25, 0.3) is 0 Å². The predicted molar refractivity (Wildman–Crippen MR) is 88.3 cm³/mol. The van der Waals surface area contributed by atoms with E-state index in [-0.39, 0.29) is 19.0 Å². The molecule has 0 bridgehead atoms. The summed E-state index contributed by atoms with van der Waals surface area (Å²) < 4.78 is 16.2. The summed E-state index contributed by atoms with van der Waals surface area (Å²) in [5.41, 5.74) is 1.72. The van der Waals surface area contributed by atoms with Crippen LogP contribution in [0.2, 0.25) is 0 Å². The molecule has 24 heavy (non-hydrogen) atoms. The molecule has 1 aliphatic rings. The van der Waals surface area contributed by atoms with Crippen molar-refractivity contribution in [2.75, 3.05) is 20.3 Å². The Labute approximate surface area is 139 Å². The van der Waals surface area contributed by atoms with E-state index in [2.05, 4.69) is 0 Å². The van der Waals surface area contributed by atoms with Crippen LogP contribution in [0.3, 0.4) is 0 Å². The standard InChI is InChI=1S/C19H15NO4/c1-22-15-6-7-18-16(11-15)19(21)14(12-24-18)10-13-4-2-3-5-17(13)23-9-8-20/h2-7,10-11H,9,12H2,1H3/b14-10+. The van der Waals surface area contributed by atoms with E-state index in [9.17, 15) is 4.79 Å². The van der Waals surface area contributed by atoms with Crippen molar-refractivity contribution in [1.29, 1.82) is 5.26 Å². The lowest BCUT2D eigenvalue weighted by Gasteiger charge is -2.19. The summed E-state index contributed by atoms with van der Waals surface area (Å²) >= 11 is 0. The molecule has 0 fully saturated rings. The number of hydrogen-bond acceptors (Lipinski definition) is 5. The Bertz CT molecular complexity index is 849. The number of nitrogens with zero attached hydrogens (tertiary/aromatic N) is 1. The van der Waals surface area contributed by atoms with E-state index < -0.39 is 0 Å². The van der Waals surface area contributed by atoms with Crippen molar-refractivity contribution < 1.29 is 19.0 Å². The molecule has 0 atom stereocenters. The molecule has 2 aromatic rings. The van der Waals surface area contributed by atoms with E-state index in [0.717, 1.165) is 5.56 Å². The van der Waals surface area contributed by atoms with Gasteiger partial charge in [0.1, 0.15) is 29.9 Å². The van der Waals surface area contributed by atoms with Crippen LogP contribution in [-0.4, -0.2) is 26.1 Å². The van der Waals surface area contributed by atoms with Gasteiger partial charge in [0.05, 0.1) is 12.7 Å². The molecule has 0 aromatic heterocycles. The number of Topliss-reactive ketones (excluding diaryl/α,β-unsaturated/α-hetero) is 1. The van der Waals surface area contributed by atoms with Gasteiger partial charge in [0, 0.05) is 11.1 Å². The molecule has 0 spiro atoms. The first-order valence-corrected chi connectivity index (χ1v) is 7.38. The van der Waals surface area contributed by atoms with Gasteiger partial charge in [-0.2, -0.15) is 5.26 Å². The van der Waals surface area contributed by atoms with Gasteiger partial charge in [-0.3, -0.25) is 4.79 Å². The van der Waals surface area contributed by atoms with Crippen LogP contribution in [0.4, 0.5) is 0 Å². The van der Waals surface area contributed by atoms with E-state index in [0.29, 0.717) is 28.4 Å². The molecule has 0 aliphatic carbocycles. The number of hydrogen-bond donors (Lipinski definition) is 0. The highest BCUT2D eigenvalue weighted by Gasteiger charge is 2.24. The number of ketones is 1. The van der Waals surface area contributed by atoms with Crippen molar-refractivity contribution >= 4 is 11.9 Å². The molecule has 5 nitrogen and oxygen atoms in total. The summed E-state index contributed by atoms with van der Waals surface area (Å²) in [6, 6.07) is 14.3. The number of methoxy groups -OCH3 is 1. The van der Waals surface area contributed by atoms with Crippen molar-refractivity contribution in [2.45, 2.75) is 0 Å². The fourth-order valence-corrected chi connectivity index (χ4v) is 2.47. The molecular formula is C19H15NO4. The van der Waals surface area contributed by atoms with Gasteiger partial charge in [0.15, 0.2) is 12.4 Å². The van der Waals surface area contributed by atoms with E-state index >= 15 is 0 Å². The number of carbonyl (C=O) groups excluding carboxylic acids is 1. The lowest BCUT2D eigenvalue weighted by atomic mass is 9.98. The van der Waals surface area contributed by atoms with Crippen LogP contribution >= 0.6 is 0 Å². The zero-order chi connectivity index (χ0) is 16.9. The molecule has 1 heterocycles. The van der Waals surface area contributed by atoms with Gasteiger partial charge < -0.3 is 14.2 Å². The molecule has 0 saturated heterocycles. The number of nitriles is 1. The first-order chi connectivity index (χ1) is 11.7. The number of ether oxygens (including phenoxy) is 3. The Hall–Kier alpha value is -3.26. The number of benzene rings is 2. The average Bonchev–Trinajstić information content (AvgIpc) is 2.63. The van der Waals surface area contributed by atoms with Crippen LogP contribution in [0.25, 0.3) is 6.08 Å². The zero-order valence-corrected chi connectivity index (χ0v) is 13.1. The molecule has 120 valence electrons. The predicted octanol–water partition coefficient (Wildman–Crippen LogP) is 3.26. The monoisotopic (exact) mass is 321 g/mol. The third-order valence-corrected chi connectivity index (χ3v) is 3.65. The molecule has 0 amide bonds. The SMILES string of the molecule is COc1ccc2c(c1)C(=O)/C(=C/c1ccccc1OCC#N)CO2. The fraction of sp³-hybridized carbons (Fsp3) is 0.158. The summed E-state index contributed by atoms with van der Waals surface area (Å²) in [4.78, 5) is 12.7. The van der Waals surface area contributed by atoms with Crippen molar-refractivity contribution in [3.63, 3.8) is 0 Å². The van der Waals surface area contributed by atoms with Crippen molar-refractivity contribution in [1.82, 2.24) is 0 Å². The Morgan fingerprint density at radius 2 is 2.12 bits per heavy atom. The summed E-state index contributed by atoms with van der Waals surface area (Å²) in [5.74, 6) is 1.60. The van der Waals surface area contributed by atoms with Gasteiger partial charge in [-0.05, 0) is 30.3 Å². The highest BCUT2D eigenvalue weighted by Crippen LogP contribution is 2.32. The summed E-state index contributed by atoms with van der Waals surface area (Å²) in [7, 11) is 1.55. The molecular weight excluding hydrogens is 306 g/mol. The lowest BCUT2D eigenvalue weighted by molar-refractivity contribution is 0.100. The van der Waals surface area contributed by atoms with Crippen molar-refractivity contribution in [2.24, 2.45) is 0 Å². The van der Waals surface area contributed by atoms with Crippen LogP contribution < -0.4 is 14.2 Å². The van der Waals surface area contributed by atoms with E-state index in [1.807, 2.05) is 24.3 Å². The van der Waals surface area contributed by atoms with Crippen LogP contribution in [0.5, 0.6) is 17.2 Å².